The van der Waals surface area contributed by atoms with E-state index < -0.39 is 0 Å². The normalized spacial score (nSPS) is 16.9. The van der Waals surface area contributed by atoms with Crippen LogP contribution in [-0.4, -0.2) is 25.7 Å². The molecule has 3 rings (SSSR count). The minimum atomic E-state index is 0.103. The first-order valence-electron chi connectivity index (χ1n) is 11.9. The number of unbranched alkanes of at least 4 members (excludes halogenated alkanes) is 3. The van der Waals surface area contributed by atoms with Gasteiger partial charge in [-0.1, -0.05) is 62.9 Å². The standard InChI is InChI=1S/C28H37NO3/c1-4-6-7-8-9-24(21-32-20-22-10-17-27(31-3)18-11-22)23-12-14-26(15-13-23)29-25(5-2)16-19-28(29)30/h5,10-15,17-18,24-25H,2,4,6-9,16,19-21H2,1,3H3/t24?,25-/m0/s1. The number of benzene rings is 2. The zero-order valence-electron chi connectivity index (χ0n) is 19.6. The van der Waals surface area contributed by atoms with Crippen molar-refractivity contribution in [2.75, 3.05) is 18.6 Å². The van der Waals surface area contributed by atoms with E-state index in [1.54, 1.807) is 7.11 Å². The van der Waals surface area contributed by atoms with Crippen LogP contribution in [0.15, 0.2) is 61.2 Å². The summed E-state index contributed by atoms with van der Waals surface area (Å²) in [7, 11) is 1.68. The lowest BCUT2D eigenvalue weighted by Gasteiger charge is -2.24. The van der Waals surface area contributed by atoms with Crippen molar-refractivity contribution in [1.82, 2.24) is 0 Å². The van der Waals surface area contributed by atoms with Gasteiger partial charge in [0.2, 0.25) is 5.91 Å². The molecular formula is C28H37NO3. The van der Waals surface area contributed by atoms with Gasteiger partial charge in [-0.25, -0.2) is 0 Å². The Morgan fingerprint density at radius 3 is 2.50 bits per heavy atom. The predicted octanol–water partition coefficient (Wildman–Crippen LogP) is 6.65. The summed E-state index contributed by atoms with van der Waals surface area (Å²) in [6.45, 7) is 7.42. The van der Waals surface area contributed by atoms with E-state index in [0.717, 1.165) is 29.8 Å². The van der Waals surface area contributed by atoms with Crippen LogP contribution in [0, 0.1) is 0 Å². The fraction of sp³-hybridized carbons (Fsp3) is 0.464. The van der Waals surface area contributed by atoms with Crippen molar-refractivity contribution in [3.05, 3.63) is 72.3 Å². The number of nitrogens with zero attached hydrogens (tertiary/aromatic N) is 1. The molecule has 0 N–H and O–H groups in total. The summed E-state index contributed by atoms with van der Waals surface area (Å²) < 4.78 is 11.4. The van der Waals surface area contributed by atoms with Gasteiger partial charge in [-0.05, 0) is 48.2 Å². The van der Waals surface area contributed by atoms with Crippen LogP contribution in [0.1, 0.15) is 68.9 Å². The summed E-state index contributed by atoms with van der Waals surface area (Å²) in [4.78, 5) is 14.2. The molecule has 1 heterocycles. The molecule has 0 bridgehead atoms. The molecule has 0 aliphatic carbocycles. The van der Waals surface area contributed by atoms with E-state index in [1.165, 1.54) is 31.2 Å². The number of ether oxygens (including phenoxy) is 2. The third kappa shape index (κ3) is 6.46. The summed E-state index contributed by atoms with van der Waals surface area (Å²) in [5, 5.41) is 0. The van der Waals surface area contributed by atoms with E-state index in [0.29, 0.717) is 25.6 Å². The van der Waals surface area contributed by atoms with Crippen molar-refractivity contribution in [1.29, 1.82) is 0 Å². The number of carbonyl (C=O) groups excluding carboxylic acids is 1. The average Bonchev–Trinajstić information content (AvgIpc) is 3.21. The van der Waals surface area contributed by atoms with Crippen molar-refractivity contribution in [2.45, 2.75) is 70.4 Å². The van der Waals surface area contributed by atoms with Crippen molar-refractivity contribution >= 4 is 11.6 Å². The Morgan fingerprint density at radius 2 is 1.84 bits per heavy atom. The van der Waals surface area contributed by atoms with Crippen LogP contribution in [0.3, 0.4) is 0 Å². The van der Waals surface area contributed by atoms with Crippen molar-refractivity contribution < 1.29 is 14.3 Å². The lowest BCUT2D eigenvalue weighted by Crippen LogP contribution is -2.31. The minimum Gasteiger partial charge on any atom is -0.497 e. The molecule has 0 saturated carbocycles. The van der Waals surface area contributed by atoms with Crippen LogP contribution in [0.2, 0.25) is 0 Å². The second-order valence-electron chi connectivity index (χ2n) is 8.61. The Labute approximate surface area is 193 Å². The topological polar surface area (TPSA) is 38.8 Å². The maximum absolute atomic E-state index is 12.3. The summed E-state index contributed by atoms with van der Waals surface area (Å²) in [5.41, 5.74) is 3.39. The number of rotatable bonds is 13. The first-order chi connectivity index (χ1) is 15.7. The first-order valence-corrected chi connectivity index (χ1v) is 11.9. The van der Waals surface area contributed by atoms with Crippen LogP contribution in [0.25, 0.3) is 0 Å². The number of methoxy groups -OCH3 is 1. The number of carbonyl (C=O) groups is 1. The van der Waals surface area contributed by atoms with Gasteiger partial charge < -0.3 is 14.4 Å². The predicted molar refractivity (Wildman–Crippen MR) is 131 cm³/mol. The highest BCUT2D eigenvalue weighted by atomic mass is 16.5. The van der Waals surface area contributed by atoms with Gasteiger partial charge in [0.1, 0.15) is 5.75 Å². The van der Waals surface area contributed by atoms with E-state index >= 15 is 0 Å². The molecule has 2 atom stereocenters. The molecule has 0 spiro atoms. The molecule has 0 aromatic heterocycles. The lowest BCUT2D eigenvalue weighted by molar-refractivity contribution is -0.117. The fourth-order valence-electron chi connectivity index (χ4n) is 4.38. The molecular weight excluding hydrogens is 398 g/mol. The SMILES string of the molecule is C=C[C@H]1CCC(=O)N1c1ccc(C(CCCCCC)COCc2ccc(OC)cc2)cc1. The van der Waals surface area contributed by atoms with Gasteiger partial charge in [-0.15, -0.1) is 6.58 Å². The average molecular weight is 436 g/mol. The Bertz CT molecular complexity index is 844. The maximum Gasteiger partial charge on any atom is 0.227 e. The molecule has 2 aromatic carbocycles. The largest absolute Gasteiger partial charge is 0.497 e. The van der Waals surface area contributed by atoms with Crippen LogP contribution in [0.5, 0.6) is 5.75 Å². The molecule has 172 valence electrons. The number of hydrogen-bond acceptors (Lipinski definition) is 3. The quantitative estimate of drug-likeness (QED) is 0.261. The van der Waals surface area contributed by atoms with Crippen LogP contribution >= 0.6 is 0 Å². The molecule has 32 heavy (non-hydrogen) atoms. The van der Waals surface area contributed by atoms with Gasteiger partial charge >= 0.3 is 0 Å². The number of amides is 1. The fourth-order valence-corrected chi connectivity index (χ4v) is 4.38. The van der Waals surface area contributed by atoms with Gasteiger partial charge in [0, 0.05) is 18.0 Å². The monoisotopic (exact) mass is 435 g/mol. The van der Waals surface area contributed by atoms with Crippen LogP contribution in [0.4, 0.5) is 5.69 Å². The highest BCUT2D eigenvalue weighted by molar-refractivity contribution is 5.96. The molecule has 1 aliphatic heterocycles. The zero-order valence-corrected chi connectivity index (χ0v) is 19.6. The summed E-state index contributed by atoms with van der Waals surface area (Å²) in [5.74, 6) is 1.39. The second kappa shape index (κ2) is 12.4. The van der Waals surface area contributed by atoms with Crippen molar-refractivity contribution in [2.24, 2.45) is 0 Å². The zero-order chi connectivity index (χ0) is 22.8. The summed E-state index contributed by atoms with van der Waals surface area (Å²) in [6, 6.07) is 16.6. The molecule has 0 radical (unpaired) electrons. The highest BCUT2D eigenvalue weighted by Gasteiger charge is 2.30. The van der Waals surface area contributed by atoms with Gasteiger partial charge in [-0.2, -0.15) is 0 Å². The maximum atomic E-state index is 12.3. The van der Waals surface area contributed by atoms with E-state index in [1.807, 2.05) is 35.2 Å². The summed E-state index contributed by atoms with van der Waals surface area (Å²) >= 11 is 0. The lowest BCUT2D eigenvalue weighted by atomic mass is 9.93. The molecule has 1 aliphatic rings. The Hall–Kier alpha value is -2.59. The van der Waals surface area contributed by atoms with Crippen LogP contribution < -0.4 is 9.64 Å². The van der Waals surface area contributed by atoms with Gasteiger partial charge in [0.15, 0.2) is 0 Å². The summed E-state index contributed by atoms with van der Waals surface area (Å²) in [6.07, 6.45) is 9.41. The van der Waals surface area contributed by atoms with Gasteiger partial charge in [-0.3, -0.25) is 4.79 Å². The highest BCUT2D eigenvalue weighted by Crippen LogP contribution is 2.30. The molecule has 1 fully saturated rings. The van der Waals surface area contributed by atoms with E-state index in [4.69, 9.17) is 9.47 Å². The number of anilines is 1. The number of hydrogen-bond donors (Lipinski definition) is 0. The van der Waals surface area contributed by atoms with E-state index in [-0.39, 0.29) is 11.9 Å². The Balaban J connectivity index is 1.64. The third-order valence-corrected chi connectivity index (χ3v) is 6.32. The Kier molecular flexibility index (Phi) is 9.36. The van der Waals surface area contributed by atoms with Crippen LogP contribution in [-0.2, 0) is 16.1 Å². The molecule has 4 nitrogen and oxygen atoms in total. The van der Waals surface area contributed by atoms with E-state index in [2.05, 4.69) is 37.8 Å². The minimum absolute atomic E-state index is 0.103. The molecule has 2 aromatic rings. The second-order valence-corrected chi connectivity index (χ2v) is 8.61. The molecule has 1 amide bonds. The van der Waals surface area contributed by atoms with Gasteiger partial charge in [0.25, 0.3) is 0 Å². The molecule has 1 saturated heterocycles. The van der Waals surface area contributed by atoms with Crippen molar-refractivity contribution in [3.8, 4) is 5.75 Å². The van der Waals surface area contributed by atoms with Crippen molar-refractivity contribution in [3.63, 3.8) is 0 Å². The molecule has 1 unspecified atom stereocenters. The first kappa shape index (κ1) is 24.1. The molecule has 4 heteroatoms. The van der Waals surface area contributed by atoms with Gasteiger partial charge in [0.05, 0.1) is 26.4 Å². The Morgan fingerprint density at radius 1 is 1.09 bits per heavy atom. The smallest absolute Gasteiger partial charge is 0.227 e. The third-order valence-electron chi connectivity index (χ3n) is 6.32. The van der Waals surface area contributed by atoms with E-state index in [9.17, 15) is 4.79 Å².